The molecule has 1 saturated heterocycles. The molecule has 1 fully saturated rings. The molecular weight excluding hydrogens is 476 g/mol. The Morgan fingerprint density at radius 1 is 1.22 bits per heavy atom. The van der Waals surface area contributed by atoms with E-state index in [9.17, 15) is 9.90 Å². The third-order valence-electron chi connectivity index (χ3n) is 6.53. The molecule has 1 aliphatic heterocycles. The highest BCUT2D eigenvalue weighted by atomic mass is 32.1. The molecular formula is C27H30N4O4S. The van der Waals surface area contributed by atoms with Gasteiger partial charge in [-0.05, 0) is 72.1 Å². The number of hydrogen-bond acceptors (Lipinski definition) is 7. The summed E-state index contributed by atoms with van der Waals surface area (Å²) in [6.45, 7) is 3.77. The number of thiophene rings is 1. The molecule has 3 N–H and O–H groups in total. The molecule has 1 aliphatic rings. The highest BCUT2D eigenvalue weighted by molar-refractivity contribution is 7.07. The number of nitrogens with one attached hydrogen (secondary N) is 2. The Bertz CT molecular complexity index is 1280. The Kier molecular flexibility index (Phi) is 7.62. The van der Waals surface area contributed by atoms with Gasteiger partial charge in [-0.3, -0.25) is 9.89 Å². The van der Waals surface area contributed by atoms with Gasteiger partial charge in [0.05, 0.1) is 17.8 Å². The van der Waals surface area contributed by atoms with Crippen LogP contribution in [0.4, 0.5) is 0 Å². The van der Waals surface area contributed by atoms with Gasteiger partial charge in [0, 0.05) is 48.8 Å². The summed E-state index contributed by atoms with van der Waals surface area (Å²) in [5.41, 5.74) is 3.64. The number of fused-ring (bicyclic) bond motifs is 1. The molecule has 3 heterocycles. The summed E-state index contributed by atoms with van der Waals surface area (Å²) in [5, 5.41) is 24.9. The van der Waals surface area contributed by atoms with Crippen molar-refractivity contribution in [3.05, 3.63) is 70.4 Å². The predicted molar refractivity (Wildman–Crippen MR) is 140 cm³/mol. The van der Waals surface area contributed by atoms with E-state index in [1.54, 1.807) is 25.3 Å². The van der Waals surface area contributed by atoms with Crippen molar-refractivity contribution >= 4 is 28.1 Å². The molecule has 1 atom stereocenters. The number of ether oxygens (including phenoxy) is 2. The van der Waals surface area contributed by atoms with Crippen molar-refractivity contribution in [3.8, 4) is 17.0 Å². The fourth-order valence-corrected chi connectivity index (χ4v) is 5.13. The Morgan fingerprint density at radius 3 is 2.75 bits per heavy atom. The molecule has 0 radical (unpaired) electrons. The normalized spacial score (nSPS) is 15.7. The lowest BCUT2D eigenvalue weighted by Crippen LogP contribution is -2.39. The SMILES string of the molecule is COCCN1CCC(Oc2ccc(-c3n[nH]c4ccc(C(=O)NC(O)c5ccsc5)cc34)cc2)CC1. The number of aromatic nitrogens is 2. The Balaban J connectivity index is 1.25. The smallest absolute Gasteiger partial charge is 0.253 e. The van der Waals surface area contributed by atoms with Crippen LogP contribution in [0.15, 0.2) is 59.3 Å². The number of methoxy groups -OCH3 is 1. The van der Waals surface area contributed by atoms with Crippen LogP contribution < -0.4 is 10.1 Å². The Hall–Kier alpha value is -3.24. The van der Waals surface area contributed by atoms with E-state index in [0.29, 0.717) is 11.1 Å². The zero-order chi connectivity index (χ0) is 24.9. The van der Waals surface area contributed by atoms with Crippen molar-refractivity contribution in [2.24, 2.45) is 0 Å². The summed E-state index contributed by atoms with van der Waals surface area (Å²) in [4.78, 5) is 15.2. The van der Waals surface area contributed by atoms with Crippen LogP contribution >= 0.6 is 11.3 Å². The summed E-state index contributed by atoms with van der Waals surface area (Å²) in [6.07, 6.45) is 1.17. The van der Waals surface area contributed by atoms with Gasteiger partial charge in [0.2, 0.25) is 0 Å². The third kappa shape index (κ3) is 5.60. The van der Waals surface area contributed by atoms with Crippen molar-refractivity contribution < 1.29 is 19.4 Å². The van der Waals surface area contributed by atoms with Gasteiger partial charge >= 0.3 is 0 Å². The van der Waals surface area contributed by atoms with Gasteiger partial charge in [-0.1, -0.05) is 0 Å². The second kappa shape index (κ2) is 11.2. The first kappa shape index (κ1) is 24.5. The average molecular weight is 507 g/mol. The lowest BCUT2D eigenvalue weighted by atomic mass is 10.0. The fourth-order valence-electron chi connectivity index (χ4n) is 4.45. The number of piperidine rings is 1. The molecule has 2 aromatic heterocycles. The minimum absolute atomic E-state index is 0.214. The lowest BCUT2D eigenvalue weighted by molar-refractivity contribution is 0.0784. The molecule has 0 saturated carbocycles. The molecule has 1 unspecified atom stereocenters. The standard InChI is InChI=1S/C27H30N4O4S/c1-34-14-13-31-11-8-22(9-12-31)35-21-5-2-18(3-6-21)25-23-16-19(4-7-24(23)29-30-25)26(32)28-27(33)20-10-15-36-17-20/h2-7,10,15-17,22,27,33H,8-9,11-14H2,1H3,(H,28,32)(H,29,30). The van der Waals surface area contributed by atoms with Crippen molar-refractivity contribution in [1.29, 1.82) is 0 Å². The molecule has 188 valence electrons. The van der Waals surface area contributed by atoms with Gasteiger partial charge in [-0.25, -0.2) is 0 Å². The van der Waals surface area contributed by atoms with Crippen LogP contribution in [0.1, 0.15) is 35.0 Å². The van der Waals surface area contributed by atoms with Crippen LogP contribution in [-0.2, 0) is 4.74 Å². The van der Waals surface area contributed by atoms with E-state index in [2.05, 4.69) is 20.4 Å². The summed E-state index contributed by atoms with van der Waals surface area (Å²) >= 11 is 1.47. The molecule has 0 spiro atoms. The summed E-state index contributed by atoms with van der Waals surface area (Å²) < 4.78 is 11.4. The quantitative estimate of drug-likeness (QED) is 0.294. The Labute approximate surface area is 213 Å². The summed E-state index contributed by atoms with van der Waals surface area (Å²) in [5.74, 6) is 0.496. The number of amides is 1. The molecule has 0 aliphatic carbocycles. The number of benzene rings is 2. The summed E-state index contributed by atoms with van der Waals surface area (Å²) in [6, 6.07) is 15.1. The first-order valence-electron chi connectivity index (χ1n) is 12.1. The number of aliphatic hydroxyl groups is 1. The highest BCUT2D eigenvalue weighted by Crippen LogP contribution is 2.29. The van der Waals surface area contributed by atoms with Crippen LogP contribution in [0, 0.1) is 0 Å². The largest absolute Gasteiger partial charge is 0.490 e. The van der Waals surface area contributed by atoms with Crippen LogP contribution in [0.3, 0.4) is 0 Å². The second-order valence-electron chi connectivity index (χ2n) is 8.94. The monoisotopic (exact) mass is 506 g/mol. The highest BCUT2D eigenvalue weighted by Gasteiger charge is 2.20. The molecule has 8 nitrogen and oxygen atoms in total. The van der Waals surface area contributed by atoms with E-state index < -0.39 is 6.23 Å². The number of nitrogens with zero attached hydrogens (tertiary/aromatic N) is 2. The number of aliphatic hydroxyl groups excluding tert-OH is 1. The van der Waals surface area contributed by atoms with E-state index in [1.807, 2.05) is 41.1 Å². The van der Waals surface area contributed by atoms with Gasteiger partial charge in [-0.15, -0.1) is 0 Å². The van der Waals surface area contributed by atoms with Gasteiger partial charge in [-0.2, -0.15) is 16.4 Å². The van der Waals surface area contributed by atoms with Gasteiger partial charge in [0.15, 0.2) is 6.23 Å². The fraction of sp³-hybridized carbons (Fsp3) is 0.333. The number of rotatable bonds is 9. The molecule has 4 aromatic rings. The molecule has 0 bridgehead atoms. The molecule has 9 heteroatoms. The first-order chi connectivity index (χ1) is 17.6. The van der Waals surface area contributed by atoms with E-state index in [4.69, 9.17) is 9.47 Å². The average Bonchev–Trinajstić information content (AvgIpc) is 3.59. The van der Waals surface area contributed by atoms with E-state index in [-0.39, 0.29) is 12.0 Å². The van der Waals surface area contributed by atoms with Crippen molar-refractivity contribution in [3.63, 3.8) is 0 Å². The molecule has 36 heavy (non-hydrogen) atoms. The topological polar surface area (TPSA) is 99.7 Å². The van der Waals surface area contributed by atoms with E-state index in [1.165, 1.54) is 11.3 Å². The zero-order valence-corrected chi connectivity index (χ0v) is 21.0. The first-order valence-corrected chi connectivity index (χ1v) is 13.0. The van der Waals surface area contributed by atoms with Crippen molar-refractivity contribution in [2.45, 2.75) is 25.2 Å². The van der Waals surface area contributed by atoms with E-state index >= 15 is 0 Å². The maximum atomic E-state index is 12.7. The predicted octanol–water partition coefficient (Wildman–Crippen LogP) is 4.20. The summed E-state index contributed by atoms with van der Waals surface area (Å²) in [7, 11) is 1.74. The number of carbonyl (C=O) groups excluding carboxylic acids is 1. The zero-order valence-electron chi connectivity index (χ0n) is 20.1. The number of likely N-dealkylation sites (tertiary alicyclic amines) is 1. The molecule has 2 aromatic carbocycles. The number of H-pyrrole nitrogens is 1. The lowest BCUT2D eigenvalue weighted by Gasteiger charge is -2.31. The van der Waals surface area contributed by atoms with Crippen LogP contribution in [0.25, 0.3) is 22.2 Å². The molecule has 5 rings (SSSR count). The van der Waals surface area contributed by atoms with Crippen LogP contribution in [0.2, 0.25) is 0 Å². The van der Waals surface area contributed by atoms with Crippen LogP contribution in [0.5, 0.6) is 5.75 Å². The minimum atomic E-state index is -1.05. The Morgan fingerprint density at radius 2 is 2.03 bits per heavy atom. The van der Waals surface area contributed by atoms with Gasteiger partial charge in [0.25, 0.3) is 5.91 Å². The second-order valence-corrected chi connectivity index (χ2v) is 9.72. The molecule has 1 amide bonds. The van der Waals surface area contributed by atoms with Gasteiger partial charge < -0.3 is 24.8 Å². The number of carbonyl (C=O) groups is 1. The van der Waals surface area contributed by atoms with Crippen LogP contribution in [-0.4, -0.2) is 65.6 Å². The van der Waals surface area contributed by atoms with Crippen molar-refractivity contribution in [1.82, 2.24) is 20.4 Å². The third-order valence-corrected chi connectivity index (χ3v) is 7.23. The maximum Gasteiger partial charge on any atom is 0.253 e. The number of hydrogen-bond donors (Lipinski definition) is 3. The van der Waals surface area contributed by atoms with Crippen molar-refractivity contribution in [2.75, 3.05) is 33.4 Å². The maximum absolute atomic E-state index is 12.7. The minimum Gasteiger partial charge on any atom is -0.490 e. The van der Waals surface area contributed by atoms with E-state index in [0.717, 1.165) is 67.0 Å². The van der Waals surface area contributed by atoms with Gasteiger partial charge in [0.1, 0.15) is 11.9 Å². The number of aromatic amines is 1.